The van der Waals surface area contributed by atoms with Gasteiger partial charge in [-0.05, 0) is 37.9 Å². The van der Waals surface area contributed by atoms with Crippen molar-refractivity contribution in [2.75, 3.05) is 19.7 Å². The molecular weight excluding hydrogens is 371 g/mol. The lowest BCUT2D eigenvalue weighted by Crippen LogP contribution is -2.43. The summed E-state index contributed by atoms with van der Waals surface area (Å²) in [7, 11) is 0. The van der Waals surface area contributed by atoms with Gasteiger partial charge in [0.15, 0.2) is 0 Å². The molecular formula is C20H28Cl2N2O2. The standard InChI is InChI=1S/C20H28Cl2N2O2/c1-5-10-26-17-12-16(22)15(21)11-14(17)18(13-6-8-23-9-7-13)24-19(25)20(2,3)4/h5,11-13,18,23H,1,6-10H2,2-4H3,(H,24,25)/t18-/m1/s1. The second-order valence-corrected chi connectivity index (χ2v) is 8.51. The molecule has 0 saturated carbocycles. The van der Waals surface area contributed by atoms with Crippen LogP contribution in [0.5, 0.6) is 5.75 Å². The quantitative estimate of drug-likeness (QED) is 0.678. The Labute approximate surface area is 166 Å². The Morgan fingerprint density at radius 1 is 1.35 bits per heavy atom. The summed E-state index contributed by atoms with van der Waals surface area (Å²) in [4.78, 5) is 12.7. The maximum absolute atomic E-state index is 12.7. The van der Waals surface area contributed by atoms with Gasteiger partial charge in [-0.25, -0.2) is 0 Å². The van der Waals surface area contributed by atoms with Crippen LogP contribution >= 0.6 is 23.2 Å². The van der Waals surface area contributed by atoms with Crippen LogP contribution in [-0.2, 0) is 4.79 Å². The number of hydrogen-bond acceptors (Lipinski definition) is 3. The molecule has 6 heteroatoms. The number of rotatable bonds is 6. The molecule has 0 spiro atoms. The monoisotopic (exact) mass is 398 g/mol. The van der Waals surface area contributed by atoms with Gasteiger partial charge in [0.2, 0.25) is 5.91 Å². The van der Waals surface area contributed by atoms with Crippen molar-refractivity contribution in [1.29, 1.82) is 0 Å². The third kappa shape index (κ3) is 5.38. The maximum atomic E-state index is 12.7. The summed E-state index contributed by atoms with van der Waals surface area (Å²) in [6.45, 7) is 11.6. The lowest BCUT2D eigenvalue weighted by Gasteiger charge is -2.34. The van der Waals surface area contributed by atoms with Crippen molar-refractivity contribution in [3.63, 3.8) is 0 Å². The molecule has 4 nitrogen and oxygen atoms in total. The van der Waals surface area contributed by atoms with Crippen molar-refractivity contribution in [2.45, 2.75) is 39.7 Å². The number of amides is 1. The molecule has 144 valence electrons. The molecule has 2 N–H and O–H groups in total. The molecule has 1 atom stereocenters. The first kappa shape index (κ1) is 21.1. The van der Waals surface area contributed by atoms with Crippen LogP contribution in [0.25, 0.3) is 0 Å². The highest BCUT2D eigenvalue weighted by Gasteiger charge is 2.32. The minimum atomic E-state index is -0.483. The molecule has 1 heterocycles. The molecule has 1 amide bonds. The Morgan fingerprint density at radius 2 is 1.96 bits per heavy atom. The first-order valence-electron chi connectivity index (χ1n) is 8.98. The fourth-order valence-corrected chi connectivity index (χ4v) is 3.37. The lowest BCUT2D eigenvalue weighted by molar-refractivity contribution is -0.129. The van der Waals surface area contributed by atoms with E-state index < -0.39 is 5.41 Å². The molecule has 1 aromatic rings. The van der Waals surface area contributed by atoms with Gasteiger partial charge < -0.3 is 15.4 Å². The highest BCUT2D eigenvalue weighted by atomic mass is 35.5. The minimum absolute atomic E-state index is 0.00164. The van der Waals surface area contributed by atoms with E-state index >= 15 is 0 Å². The molecule has 1 aromatic carbocycles. The zero-order chi connectivity index (χ0) is 19.3. The van der Waals surface area contributed by atoms with Crippen LogP contribution in [0.3, 0.4) is 0 Å². The zero-order valence-corrected chi connectivity index (χ0v) is 17.2. The van der Waals surface area contributed by atoms with Gasteiger partial charge in [0.05, 0.1) is 16.1 Å². The number of halogens is 2. The Balaban J connectivity index is 2.44. The van der Waals surface area contributed by atoms with Crippen LogP contribution in [0.2, 0.25) is 10.0 Å². The highest BCUT2D eigenvalue weighted by Crippen LogP contribution is 2.39. The van der Waals surface area contributed by atoms with Gasteiger partial charge in [-0.2, -0.15) is 0 Å². The van der Waals surface area contributed by atoms with Gasteiger partial charge >= 0.3 is 0 Å². The number of piperidine rings is 1. The van der Waals surface area contributed by atoms with E-state index in [-0.39, 0.29) is 11.9 Å². The summed E-state index contributed by atoms with van der Waals surface area (Å²) >= 11 is 12.5. The van der Waals surface area contributed by atoms with Crippen LogP contribution in [-0.4, -0.2) is 25.6 Å². The predicted octanol–water partition coefficient (Wildman–Crippen LogP) is 4.76. The summed E-state index contributed by atoms with van der Waals surface area (Å²) in [6.07, 6.45) is 3.62. The van der Waals surface area contributed by atoms with Crippen molar-refractivity contribution in [2.24, 2.45) is 11.3 Å². The number of carbonyl (C=O) groups is 1. The normalized spacial score (nSPS) is 16.8. The highest BCUT2D eigenvalue weighted by molar-refractivity contribution is 6.42. The maximum Gasteiger partial charge on any atom is 0.225 e. The van der Waals surface area contributed by atoms with Gasteiger partial charge in [0.1, 0.15) is 12.4 Å². The molecule has 0 aromatic heterocycles. The van der Waals surface area contributed by atoms with E-state index in [0.717, 1.165) is 31.5 Å². The summed E-state index contributed by atoms with van der Waals surface area (Å²) in [5.74, 6) is 0.935. The second-order valence-electron chi connectivity index (χ2n) is 7.69. The number of benzene rings is 1. The predicted molar refractivity (Wildman–Crippen MR) is 108 cm³/mol. The van der Waals surface area contributed by atoms with E-state index in [1.165, 1.54) is 0 Å². The molecule has 0 radical (unpaired) electrons. The fraction of sp³-hybridized carbons (Fsp3) is 0.550. The van der Waals surface area contributed by atoms with Crippen molar-refractivity contribution in [1.82, 2.24) is 10.6 Å². The smallest absolute Gasteiger partial charge is 0.225 e. The SMILES string of the molecule is C=CCOc1cc(Cl)c(Cl)cc1[C@H](NC(=O)C(C)(C)C)C1CCNCC1. The van der Waals surface area contributed by atoms with Crippen molar-refractivity contribution < 1.29 is 9.53 Å². The summed E-state index contributed by atoms with van der Waals surface area (Å²) in [6, 6.07) is 3.36. The van der Waals surface area contributed by atoms with Gasteiger partial charge in [-0.1, -0.05) is 56.6 Å². The molecule has 2 rings (SSSR count). The Morgan fingerprint density at radius 3 is 2.54 bits per heavy atom. The van der Waals surface area contributed by atoms with Crippen molar-refractivity contribution in [3.8, 4) is 5.75 Å². The van der Waals surface area contributed by atoms with Crippen LogP contribution in [0.1, 0.15) is 45.2 Å². The summed E-state index contributed by atoms with van der Waals surface area (Å²) < 4.78 is 5.83. The average Bonchev–Trinajstić information content (AvgIpc) is 2.60. The number of ether oxygens (including phenoxy) is 1. The number of carbonyl (C=O) groups excluding carboxylic acids is 1. The lowest BCUT2D eigenvalue weighted by atomic mass is 9.84. The third-order valence-corrected chi connectivity index (χ3v) is 5.29. The first-order chi connectivity index (χ1) is 12.2. The minimum Gasteiger partial charge on any atom is -0.489 e. The number of nitrogens with one attached hydrogen (secondary N) is 2. The second kappa shape index (κ2) is 9.12. The van der Waals surface area contributed by atoms with E-state index in [2.05, 4.69) is 17.2 Å². The van der Waals surface area contributed by atoms with Gasteiger partial charge in [-0.15, -0.1) is 0 Å². The molecule has 0 aliphatic carbocycles. The Hall–Kier alpha value is -1.23. The van der Waals surface area contributed by atoms with Crippen molar-refractivity contribution >= 4 is 29.1 Å². The molecule has 1 fully saturated rings. The van der Waals surface area contributed by atoms with E-state index in [4.69, 9.17) is 27.9 Å². The summed E-state index contributed by atoms with van der Waals surface area (Å²) in [5.41, 5.74) is 0.384. The van der Waals surface area contributed by atoms with Gasteiger partial charge in [-0.3, -0.25) is 4.79 Å². The molecule has 1 aliphatic rings. The largest absolute Gasteiger partial charge is 0.489 e. The third-order valence-electron chi connectivity index (χ3n) is 4.57. The van der Waals surface area contributed by atoms with Crippen LogP contribution < -0.4 is 15.4 Å². The first-order valence-corrected chi connectivity index (χ1v) is 9.74. The average molecular weight is 399 g/mol. The molecule has 0 bridgehead atoms. The van der Waals surface area contributed by atoms with E-state index in [1.807, 2.05) is 26.8 Å². The Bertz CT molecular complexity index is 650. The zero-order valence-electron chi connectivity index (χ0n) is 15.7. The molecule has 1 aliphatic heterocycles. The van der Waals surface area contributed by atoms with E-state index in [0.29, 0.717) is 28.3 Å². The molecule has 26 heavy (non-hydrogen) atoms. The topological polar surface area (TPSA) is 50.4 Å². The van der Waals surface area contributed by atoms with Crippen LogP contribution in [0.15, 0.2) is 24.8 Å². The van der Waals surface area contributed by atoms with Crippen LogP contribution in [0, 0.1) is 11.3 Å². The molecule has 0 unspecified atom stereocenters. The van der Waals surface area contributed by atoms with E-state index in [9.17, 15) is 4.79 Å². The fourth-order valence-electron chi connectivity index (χ4n) is 3.05. The number of hydrogen-bond donors (Lipinski definition) is 2. The van der Waals surface area contributed by atoms with Gasteiger partial charge in [0, 0.05) is 17.0 Å². The molecule has 1 saturated heterocycles. The van der Waals surface area contributed by atoms with E-state index in [1.54, 1.807) is 12.1 Å². The summed E-state index contributed by atoms with van der Waals surface area (Å²) in [5, 5.41) is 7.49. The van der Waals surface area contributed by atoms with Gasteiger partial charge in [0.25, 0.3) is 0 Å². The van der Waals surface area contributed by atoms with Crippen LogP contribution in [0.4, 0.5) is 0 Å². The van der Waals surface area contributed by atoms with Crippen molar-refractivity contribution in [3.05, 3.63) is 40.4 Å². The Kier molecular flexibility index (Phi) is 7.39.